The van der Waals surface area contributed by atoms with Crippen LogP contribution in [0, 0.1) is 29.0 Å². The third-order valence-corrected chi connectivity index (χ3v) is 10.6. The molecule has 2 aliphatic rings. The van der Waals surface area contributed by atoms with Crippen LogP contribution in [0.3, 0.4) is 0 Å². The van der Waals surface area contributed by atoms with Gasteiger partial charge in [-0.15, -0.1) is 0 Å². The van der Waals surface area contributed by atoms with Gasteiger partial charge in [-0.3, -0.25) is 9.36 Å². The van der Waals surface area contributed by atoms with E-state index >= 15 is 0 Å². The predicted octanol–water partition coefficient (Wildman–Crippen LogP) is 5.66. The number of aliphatic imine (C=N–C) groups is 1. The van der Waals surface area contributed by atoms with Gasteiger partial charge in [0.2, 0.25) is 0 Å². The predicted molar refractivity (Wildman–Crippen MR) is 173 cm³/mol. The Morgan fingerprint density at radius 3 is 2.64 bits per heavy atom. The minimum Gasteiger partial charge on any atom is -0.497 e. The molecule has 3 aromatic rings. The number of halogens is 1. The second-order valence-corrected chi connectivity index (χ2v) is 13.4. The first kappa shape index (κ1) is 31.9. The van der Waals surface area contributed by atoms with Gasteiger partial charge in [-0.25, -0.2) is 14.4 Å². The average molecular weight is 607 g/mol. The molecule has 44 heavy (non-hydrogen) atoms. The molecule has 2 aromatic carbocycles. The molecule has 0 radical (unpaired) electrons. The van der Waals surface area contributed by atoms with Gasteiger partial charge in [0.25, 0.3) is 5.56 Å². The Balaban J connectivity index is 1.39. The van der Waals surface area contributed by atoms with Gasteiger partial charge in [0.1, 0.15) is 11.6 Å². The van der Waals surface area contributed by atoms with E-state index in [1.807, 2.05) is 19.1 Å². The van der Waals surface area contributed by atoms with Gasteiger partial charge in [-0.1, -0.05) is 40.7 Å². The van der Waals surface area contributed by atoms with E-state index in [0.717, 1.165) is 18.1 Å². The molecular formula is C34H47FN6O3. The van der Waals surface area contributed by atoms with Crippen molar-refractivity contribution in [3.05, 3.63) is 64.5 Å². The second-order valence-electron chi connectivity index (χ2n) is 13.4. The smallest absolute Gasteiger partial charge is 0.261 e. The highest BCUT2D eigenvalue weighted by molar-refractivity contribution is 5.96. The number of anilines is 1. The number of methoxy groups -OCH3 is 1. The molecule has 5 atom stereocenters. The van der Waals surface area contributed by atoms with Crippen LogP contribution in [0.15, 0.2) is 52.5 Å². The minimum absolute atomic E-state index is 0.0283. The highest BCUT2D eigenvalue weighted by atomic mass is 19.1. The number of hydrogen-bond donors (Lipinski definition) is 2. The van der Waals surface area contributed by atoms with E-state index in [2.05, 4.69) is 49.8 Å². The normalized spacial score (nSPS) is 26.2. The number of benzene rings is 2. The van der Waals surface area contributed by atoms with Gasteiger partial charge in [0.15, 0.2) is 5.96 Å². The van der Waals surface area contributed by atoms with Crippen molar-refractivity contribution in [1.29, 1.82) is 0 Å². The van der Waals surface area contributed by atoms with Crippen molar-refractivity contribution in [2.45, 2.75) is 73.0 Å². The second kappa shape index (κ2) is 12.9. The summed E-state index contributed by atoms with van der Waals surface area (Å²) in [6.45, 7) is 15.9. The molecule has 1 unspecified atom stereocenters. The molecule has 2 fully saturated rings. The van der Waals surface area contributed by atoms with E-state index in [-0.39, 0.29) is 28.9 Å². The van der Waals surface area contributed by atoms with Gasteiger partial charge in [0, 0.05) is 44.0 Å². The lowest BCUT2D eigenvalue weighted by molar-refractivity contribution is -0.142. The molecule has 2 heterocycles. The van der Waals surface area contributed by atoms with E-state index in [0.29, 0.717) is 72.6 Å². The van der Waals surface area contributed by atoms with E-state index in [4.69, 9.17) is 9.73 Å². The van der Waals surface area contributed by atoms with Gasteiger partial charge < -0.3 is 20.2 Å². The Morgan fingerprint density at radius 1 is 1.16 bits per heavy atom. The fraction of sp³-hybridized carbons (Fsp3) is 0.559. The number of hydroxylamine groups is 2. The minimum atomic E-state index is -0.357. The lowest BCUT2D eigenvalue weighted by Crippen LogP contribution is -2.54. The van der Waals surface area contributed by atoms with Gasteiger partial charge in [-0.05, 0) is 72.8 Å². The zero-order chi connectivity index (χ0) is 31.8. The van der Waals surface area contributed by atoms with E-state index < -0.39 is 0 Å². The van der Waals surface area contributed by atoms with Crippen molar-refractivity contribution < 1.29 is 14.3 Å². The fourth-order valence-corrected chi connectivity index (χ4v) is 6.62. The zero-order valence-electron chi connectivity index (χ0n) is 27.0. The van der Waals surface area contributed by atoms with Crippen LogP contribution < -0.4 is 15.6 Å². The molecule has 0 amide bonds. The molecular weight excluding hydrogens is 559 g/mol. The Morgan fingerprint density at radius 2 is 1.93 bits per heavy atom. The molecule has 238 valence electrons. The third kappa shape index (κ3) is 6.47. The maximum absolute atomic E-state index is 14.4. The first-order valence-electron chi connectivity index (χ1n) is 15.8. The average Bonchev–Trinajstić information content (AvgIpc) is 3.00. The molecule has 2 N–H and O–H groups in total. The summed E-state index contributed by atoms with van der Waals surface area (Å²) in [5, 5.41) is 15.7. The summed E-state index contributed by atoms with van der Waals surface area (Å²) in [6.07, 6.45) is 2.90. The number of nitrogens with zero attached hydrogens (tertiary/aromatic N) is 5. The van der Waals surface area contributed by atoms with Crippen molar-refractivity contribution in [3.63, 3.8) is 0 Å². The van der Waals surface area contributed by atoms with Crippen molar-refractivity contribution in [2.24, 2.45) is 28.2 Å². The molecule has 10 heteroatoms. The van der Waals surface area contributed by atoms with Crippen molar-refractivity contribution in [1.82, 2.24) is 19.5 Å². The van der Waals surface area contributed by atoms with Gasteiger partial charge in [0.05, 0.1) is 30.4 Å². The Labute approximate surface area is 259 Å². The monoisotopic (exact) mass is 606 g/mol. The molecule has 9 nitrogen and oxygen atoms in total. The number of aromatic nitrogens is 2. The first-order valence-corrected chi connectivity index (χ1v) is 15.8. The molecule has 1 aliphatic carbocycles. The quantitative estimate of drug-likeness (QED) is 0.276. The maximum atomic E-state index is 14.4. The number of aryl methyl sites for hydroxylation is 2. The van der Waals surface area contributed by atoms with Crippen molar-refractivity contribution in [3.8, 4) is 5.75 Å². The lowest BCUT2D eigenvalue weighted by atomic mass is 9.58. The number of hydrogen-bond acceptors (Lipinski definition) is 6. The van der Waals surface area contributed by atoms with Crippen LogP contribution in [-0.2, 0) is 13.0 Å². The number of piperazine rings is 1. The fourth-order valence-electron chi connectivity index (χ4n) is 6.62. The summed E-state index contributed by atoms with van der Waals surface area (Å²) in [5.74, 6) is 2.35. The van der Waals surface area contributed by atoms with Crippen LogP contribution in [0.4, 0.5) is 10.1 Å². The molecule has 1 aliphatic heterocycles. The van der Waals surface area contributed by atoms with Gasteiger partial charge >= 0.3 is 0 Å². The Hall–Kier alpha value is -3.50. The largest absolute Gasteiger partial charge is 0.497 e. The third-order valence-electron chi connectivity index (χ3n) is 10.6. The number of nitrogens with one attached hydrogen (secondary N) is 1. The van der Waals surface area contributed by atoms with Crippen LogP contribution in [0.1, 0.15) is 53.5 Å². The summed E-state index contributed by atoms with van der Waals surface area (Å²) in [5.41, 5.74) is 1.97. The Kier molecular flexibility index (Phi) is 9.32. The summed E-state index contributed by atoms with van der Waals surface area (Å²) in [4.78, 5) is 25.5. The SMILES string of the molecule is COc1ccc(CCn2cnc3cc(NC(=NC4C[C@@H](C)C(C)(C)[C@@H](C)[C@@H]4C)N4CCN(O)[C@@H](C)C4)ccc3c2=O)c(F)c1. The maximum Gasteiger partial charge on any atom is 0.261 e. The molecule has 1 aromatic heterocycles. The van der Waals surface area contributed by atoms with Crippen LogP contribution in [0.2, 0.25) is 0 Å². The zero-order valence-corrected chi connectivity index (χ0v) is 27.0. The summed E-state index contributed by atoms with van der Waals surface area (Å²) < 4.78 is 21.0. The van der Waals surface area contributed by atoms with Crippen LogP contribution in [0.25, 0.3) is 10.9 Å². The van der Waals surface area contributed by atoms with E-state index in [9.17, 15) is 14.4 Å². The highest BCUT2D eigenvalue weighted by Crippen LogP contribution is 2.48. The number of rotatable bonds is 6. The topological polar surface area (TPSA) is 95.2 Å². The number of ether oxygens (including phenoxy) is 1. The van der Waals surface area contributed by atoms with Crippen LogP contribution >= 0.6 is 0 Å². The standard InChI is InChI=1S/C34H47FN6O3/c1-21-16-30(23(3)24(4)34(21,5)6)38-33(39-14-15-41(43)22(2)19-39)37-26-9-11-28-31(17-26)36-20-40(32(28)42)13-12-25-8-10-27(44-7)18-29(25)35/h8-11,17-18,20-24,30,43H,12-16,19H2,1-7H3,(H,37,38)/t21-,22+,23+,24+,30?/m1/s1. The summed E-state index contributed by atoms with van der Waals surface area (Å²) in [6, 6.07) is 10.4. The molecule has 5 rings (SSSR count). The van der Waals surface area contributed by atoms with Gasteiger partial charge in [-0.2, -0.15) is 5.06 Å². The first-order chi connectivity index (χ1) is 20.9. The van der Waals surface area contributed by atoms with Crippen LogP contribution in [0.5, 0.6) is 5.75 Å². The van der Waals surface area contributed by atoms with E-state index in [1.54, 1.807) is 18.2 Å². The Bertz CT molecular complexity index is 1570. The van der Waals surface area contributed by atoms with Crippen molar-refractivity contribution in [2.75, 3.05) is 32.1 Å². The highest BCUT2D eigenvalue weighted by Gasteiger charge is 2.44. The molecule has 1 saturated carbocycles. The van der Waals surface area contributed by atoms with E-state index in [1.165, 1.54) is 29.1 Å². The number of guanidine groups is 1. The summed E-state index contributed by atoms with van der Waals surface area (Å²) >= 11 is 0. The molecule has 0 bridgehead atoms. The molecule has 1 saturated heterocycles. The van der Waals surface area contributed by atoms with Crippen LogP contribution in [-0.4, -0.2) is 69.5 Å². The lowest BCUT2D eigenvalue weighted by Gasteiger charge is -2.49. The molecule has 0 spiro atoms. The number of fused-ring (bicyclic) bond motifs is 1. The van der Waals surface area contributed by atoms with Crippen molar-refractivity contribution >= 4 is 22.5 Å². The summed E-state index contributed by atoms with van der Waals surface area (Å²) in [7, 11) is 1.50.